The molecule has 6 heteroatoms. The minimum Gasteiger partial charge on any atom is -0.480 e. The van der Waals surface area contributed by atoms with E-state index >= 15 is 0 Å². The minimum absolute atomic E-state index is 0.0938. The highest BCUT2D eigenvalue weighted by atomic mass is 16.4. The third kappa shape index (κ3) is 10.0. The second-order valence-electron chi connectivity index (χ2n) is 5.21. The highest BCUT2D eigenvalue weighted by molar-refractivity contribution is 5.76. The van der Waals surface area contributed by atoms with Crippen LogP contribution in [0.3, 0.4) is 0 Å². The Morgan fingerprint density at radius 1 is 1.29 bits per heavy atom. The molecule has 0 rings (SSSR count). The molecule has 3 N–H and O–H groups in total. The van der Waals surface area contributed by atoms with Crippen molar-refractivity contribution >= 4 is 11.9 Å². The molecule has 0 radical (unpaired) electrons. The average Bonchev–Trinajstić information content (AvgIpc) is 2.41. The first-order valence-electron chi connectivity index (χ1n) is 7.41. The van der Waals surface area contributed by atoms with E-state index in [0.717, 1.165) is 19.3 Å². The van der Waals surface area contributed by atoms with Crippen LogP contribution in [0.2, 0.25) is 0 Å². The molecule has 122 valence electrons. The van der Waals surface area contributed by atoms with E-state index in [2.05, 4.69) is 11.4 Å². The summed E-state index contributed by atoms with van der Waals surface area (Å²) in [5.41, 5.74) is 0. The summed E-state index contributed by atoms with van der Waals surface area (Å²) in [6, 6.07) is -0.755. The van der Waals surface area contributed by atoms with Gasteiger partial charge in [-0.1, -0.05) is 12.2 Å². The summed E-state index contributed by atoms with van der Waals surface area (Å²) in [5, 5.41) is 21.1. The molecule has 0 aromatic heterocycles. The molecule has 0 spiro atoms. The Morgan fingerprint density at radius 3 is 2.48 bits per heavy atom. The van der Waals surface area contributed by atoms with Crippen molar-refractivity contribution in [3.63, 3.8) is 0 Å². The van der Waals surface area contributed by atoms with Crippen molar-refractivity contribution in [1.29, 1.82) is 0 Å². The first kappa shape index (κ1) is 19.6. The number of hydrogen-bond acceptors (Lipinski definition) is 4. The fourth-order valence-corrected chi connectivity index (χ4v) is 1.85. The largest absolute Gasteiger partial charge is 0.480 e. The Hall–Kier alpha value is -1.40. The molecule has 0 saturated carbocycles. The molecule has 6 nitrogen and oxygen atoms in total. The van der Waals surface area contributed by atoms with Crippen LogP contribution in [0.25, 0.3) is 0 Å². The molecule has 0 saturated heterocycles. The number of nitrogens with one attached hydrogen (secondary N) is 1. The second kappa shape index (κ2) is 11.3. The fourth-order valence-electron chi connectivity index (χ4n) is 1.85. The van der Waals surface area contributed by atoms with Crippen molar-refractivity contribution in [2.24, 2.45) is 0 Å². The van der Waals surface area contributed by atoms with Gasteiger partial charge < -0.3 is 15.5 Å². The number of unbranched alkanes of at least 4 members (excludes halogenated alkanes) is 2. The van der Waals surface area contributed by atoms with Gasteiger partial charge in [0.2, 0.25) is 5.91 Å². The first-order chi connectivity index (χ1) is 9.88. The van der Waals surface area contributed by atoms with Crippen molar-refractivity contribution in [3.05, 3.63) is 12.2 Å². The lowest BCUT2D eigenvalue weighted by Gasteiger charge is -2.27. The van der Waals surface area contributed by atoms with Gasteiger partial charge in [0, 0.05) is 13.0 Å². The van der Waals surface area contributed by atoms with Crippen molar-refractivity contribution in [2.75, 3.05) is 13.2 Å². The van der Waals surface area contributed by atoms with Crippen molar-refractivity contribution < 1.29 is 19.8 Å². The van der Waals surface area contributed by atoms with Gasteiger partial charge >= 0.3 is 5.97 Å². The van der Waals surface area contributed by atoms with E-state index in [1.165, 1.54) is 11.8 Å². The Balaban J connectivity index is 4.10. The zero-order chi connectivity index (χ0) is 16.3. The lowest BCUT2D eigenvalue weighted by molar-refractivity contribution is -0.143. The molecule has 2 atom stereocenters. The summed E-state index contributed by atoms with van der Waals surface area (Å²) in [6.07, 6.45) is 6.57. The van der Waals surface area contributed by atoms with E-state index in [9.17, 15) is 14.7 Å². The number of amides is 1. The predicted octanol–water partition coefficient (Wildman–Crippen LogP) is 1.35. The lowest BCUT2D eigenvalue weighted by Crippen LogP contribution is -2.48. The number of carbonyl (C=O) groups excluding carboxylic acids is 1. The van der Waals surface area contributed by atoms with Gasteiger partial charge in [-0.3, -0.25) is 14.5 Å². The lowest BCUT2D eigenvalue weighted by atomic mass is 10.2. The number of allylic oxidation sites excluding steroid dienone is 2. The van der Waals surface area contributed by atoms with Crippen LogP contribution in [0.15, 0.2) is 12.2 Å². The maximum atomic E-state index is 11.7. The van der Waals surface area contributed by atoms with Crippen LogP contribution in [0, 0.1) is 0 Å². The number of carbonyl (C=O) groups is 2. The maximum absolute atomic E-state index is 11.7. The second-order valence-corrected chi connectivity index (χ2v) is 5.21. The maximum Gasteiger partial charge on any atom is 0.320 e. The normalized spacial score (nSPS) is 14.3. The molecule has 0 heterocycles. The number of aliphatic hydroxyl groups excluding tert-OH is 1. The van der Waals surface area contributed by atoms with Gasteiger partial charge in [-0.15, -0.1) is 0 Å². The molecular weight excluding hydrogens is 272 g/mol. The van der Waals surface area contributed by atoms with Crippen LogP contribution >= 0.6 is 0 Å². The van der Waals surface area contributed by atoms with E-state index in [1.807, 2.05) is 13.0 Å². The summed E-state index contributed by atoms with van der Waals surface area (Å²) in [6.45, 7) is 5.42. The highest BCUT2D eigenvalue weighted by Gasteiger charge is 2.22. The van der Waals surface area contributed by atoms with E-state index in [-0.39, 0.29) is 19.1 Å². The molecule has 0 aliphatic carbocycles. The van der Waals surface area contributed by atoms with Crippen molar-refractivity contribution in [2.45, 2.75) is 58.6 Å². The minimum atomic E-state index is -0.976. The number of carboxylic acid groups (broad SMARTS) is 1. The summed E-state index contributed by atoms with van der Waals surface area (Å²) in [5.74, 6) is -1.07. The van der Waals surface area contributed by atoms with Gasteiger partial charge in [0.05, 0.1) is 12.8 Å². The molecule has 2 unspecified atom stereocenters. The first-order valence-corrected chi connectivity index (χ1v) is 7.41. The van der Waals surface area contributed by atoms with Crippen molar-refractivity contribution in [3.8, 4) is 0 Å². The number of aliphatic hydroxyl groups is 1. The van der Waals surface area contributed by atoms with E-state index in [1.54, 1.807) is 6.92 Å². The van der Waals surface area contributed by atoms with Crippen LogP contribution in [0.4, 0.5) is 0 Å². The van der Waals surface area contributed by atoms with Gasteiger partial charge in [0.15, 0.2) is 0 Å². The van der Waals surface area contributed by atoms with Crippen LogP contribution in [-0.2, 0) is 9.59 Å². The molecule has 0 fully saturated rings. The quantitative estimate of drug-likeness (QED) is 0.304. The highest BCUT2D eigenvalue weighted by Crippen LogP contribution is 2.03. The van der Waals surface area contributed by atoms with Gasteiger partial charge in [-0.2, -0.15) is 0 Å². The standard InChI is InChI=1S/C15H28N2O4/c1-4-5-6-7-8-9-14(19)16-11-17(10-12(2)18)13(3)15(20)21/h4-5,12-13,18H,6-11H2,1-3H3,(H,16,19)(H,20,21)/b5-4+. The molecule has 1 amide bonds. The molecular formula is C15H28N2O4. The predicted molar refractivity (Wildman–Crippen MR) is 81.8 cm³/mol. The van der Waals surface area contributed by atoms with Crippen LogP contribution in [0.5, 0.6) is 0 Å². The Morgan fingerprint density at radius 2 is 1.95 bits per heavy atom. The Bertz CT molecular complexity index is 343. The Kier molecular flexibility index (Phi) is 10.5. The third-order valence-electron chi connectivity index (χ3n) is 3.14. The molecule has 0 aromatic rings. The molecule has 0 aliphatic heterocycles. The Labute approximate surface area is 126 Å². The molecule has 0 aliphatic rings. The van der Waals surface area contributed by atoms with E-state index in [4.69, 9.17) is 5.11 Å². The van der Waals surface area contributed by atoms with Crippen molar-refractivity contribution in [1.82, 2.24) is 10.2 Å². The van der Waals surface area contributed by atoms with E-state index < -0.39 is 18.1 Å². The summed E-state index contributed by atoms with van der Waals surface area (Å²) < 4.78 is 0. The fraction of sp³-hybridized carbons (Fsp3) is 0.733. The number of rotatable bonds is 11. The van der Waals surface area contributed by atoms with Crippen LogP contribution in [-0.4, -0.2) is 52.3 Å². The zero-order valence-electron chi connectivity index (χ0n) is 13.2. The van der Waals surface area contributed by atoms with E-state index in [0.29, 0.717) is 6.42 Å². The van der Waals surface area contributed by atoms with Gasteiger partial charge in [0.25, 0.3) is 0 Å². The number of carboxylic acids is 1. The molecule has 0 aromatic carbocycles. The third-order valence-corrected chi connectivity index (χ3v) is 3.14. The number of nitrogens with zero attached hydrogens (tertiary/aromatic N) is 1. The average molecular weight is 300 g/mol. The number of hydrogen-bond donors (Lipinski definition) is 3. The number of aliphatic carboxylic acids is 1. The van der Waals surface area contributed by atoms with Crippen LogP contribution in [0.1, 0.15) is 46.5 Å². The summed E-state index contributed by atoms with van der Waals surface area (Å²) in [4.78, 5) is 24.2. The molecule has 0 bridgehead atoms. The monoisotopic (exact) mass is 300 g/mol. The SMILES string of the molecule is C/C=C/CCCCC(=O)NCN(CC(C)O)C(C)C(=O)O. The van der Waals surface area contributed by atoms with Gasteiger partial charge in [0.1, 0.15) is 6.04 Å². The summed E-state index contributed by atoms with van der Waals surface area (Å²) >= 11 is 0. The van der Waals surface area contributed by atoms with Gasteiger partial charge in [-0.25, -0.2) is 0 Å². The smallest absolute Gasteiger partial charge is 0.320 e. The van der Waals surface area contributed by atoms with Crippen LogP contribution < -0.4 is 5.32 Å². The van der Waals surface area contributed by atoms with Gasteiger partial charge in [-0.05, 0) is 40.0 Å². The molecule has 21 heavy (non-hydrogen) atoms. The summed E-state index contributed by atoms with van der Waals surface area (Å²) in [7, 11) is 0. The zero-order valence-corrected chi connectivity index (χ0v) is 13.2. The topological polar surface area (TPSA) is 89.9 Å².